The number of methoxy groups -OCH3 is 2. The lowest BCUT2D eigenvalue weighted by Crippen LogP contribution is -2.24. The summed E-state index contributed by atoms with van der Waals surface area (Å²) in [5, 5.41) is 2.87. The summed E-state index contributed by atoms with van der Waals surface area (Å²) in [7, 11) is 3.18. The molecule has 6 heteroatoms. The molecule has 0 atom stereocenters. The van der Waals surface area contributed by atoms with Crippen LogP contribution in [0.1, 0.15) is 11.3 Å². The van der Waals surface area contributed by atoms with E-state index in [1.54, 1.807) is 20.3 Å². The van der Waals surface area contributed by atoms with Gasteiger partial charge in [0, 0.05) is 23.7 Å². The standard InChI is InChI=1S/C20H20N2O4/c1-24-17-9-8-15(18(11-17)25-2)12-21-19(23)10-16-13-26-20(22-16)14-6-4-3-5-7-14/h3-9,11,13H,10,12H2,1-2H3,(H,21,23). The highest BCUT2D eigenvalue weighted by Crippen LogP contribution is 2.24. The molecule has 1 amide bonds. The molecule has 0 fully saturated rings. The van der Waals surface area contributed by atoms with Crippen LogP contribution in [0.5, 0.6) is 11.5 Å². The van der Waals surface area contributed by atoms with Crippen molar-refractivity contribution in [2.45, 2.75) is 13.0 Å². The normalized spacial score (nSPS) is 10.4. The number of rotatable bonds is 7. The second-order valence-electron chi connectivity index (χ2n) is 5.64. The molecule has 2 aromatic carbocycles. The smallest absolute Gasteiger partial charge is 0.226 e. The SMILES string of the molecule is COc1ccc(CNC(=O)Cc2coc(-c3ccccc3)n2)c(OC)c1. The highest BCUT2D eigenvalue weighted by Gasteiger charge is 2.11. The van der Waals surface area contributed by atoms with Crippen LogP contribution in [0.25, 0.3) is 11.5 Å². The molecule has 3 aromatic rings. The number of benzene rings is 2. The van der Waals surface area contributed by atoms with Gasteiger partial charge in [-0.3, -0.25) is 4.79 Å². The summed E-state index contributed by atoms with van der Waals surface area (Å²) in [6.45, 7) is 0.357. The molecule has 134 valence electrons. The van der Waals surface area contributed by atoms with Gasteiger partial charge in [-0.15, -0.1) is 0 Å². The molecule has 3 rings (SSSR count). The van der Waals surface area contributed by atoms with E-state index in [9.17, 15) is 4.79 Å². The van der Waals surface area contributed by atoms with E-state index in [-0.39, 0.29) is 12.3 Å². The van der Waals surface area contributed by atoms with Crippen molar-refractivity contribution >= 4 is 5.91 Å². The van der Waals surface area contributed by atoms with Crippen molar-refractivity contribution in [3.63, 3.8) is 0 Å². The van der Waals surface area contributed by atoms with Gasteiger partial charge in [-0.05, 0) is 24.3 Å². The summed E-state index contributed by atoms with van der Waals surface area (Å²) < 4.78 is 16.0. The first-order valence-electron chi connectivity index (χ1n) is 8.17. The minimum Gasteiger partial charge on any atom is -0.497 e. The van der Waals surface area contributed by atoms with E-state index < -0.39 is 0 Å². The molecule has 6 nitrogen and oxygen atoms in total. The Morgan fingerprint density at radius 2 is 1.92 bits per heavy atom. The maximum atomic E-state index is 12.2. The van der Waals surface area contributed by atoms with E-state index in [2.05, 4.69) is 10.3 Å². The monoisotopic (exact) mass is 352 g/mol. The van der Waals surface area contributed by atoms with Crippen LogP contribution < -0.4 is 14.8 Å². The summed E-state index contributed by atoms with van der Waals surface area (Å²) in [4.78, 5) is 16.6. The Kier molecular flexibility index (Phi) is 5.53. The minimum absolute atomic E-state index is 0.143. The van der Waals surface area contributed by atoms with E-state index in [4.69, 9.17) is 13.9 Å². The van der Waals surface area contributed by atoms with Gasteiger partial charge < -0.3 is 19.2 Å². The van der Waals surface area contributed by atoms with Crippen LogP contribution in [0.4, 0.5) is 0 Å². The van der Waals surface area contributed by atoms with Crippen LogP contribution in [0, 0.1) is 0 Å². The molecule has 0 radical (unpaired) electrons. The summed E-state index contributed by atoms with van der Waals surface area (Å²) in [6.07, 6.45) is 1.66. The van der Waals surface area contributed by atoms with Crippen LogP contribution in [0.15, 0.2) is 59.2 Å². The lowest BCUT2D eigenvalue weighted by Gasteiger charge is -2.11. The van der Waals surface area contributed by atoms with Crippen molar-refractivity contribution in [2.75, 3.05) is 14.2 Å². The number of oxazole rings is 1. The molecule has 0 aliphatic heterocycles. The van der Waals surface area contributed by atoms with Crippen molar-refractivity contribution in [1.29, 1.82) is 0 Å². The number of nitrogens with one attached hydrogen (secondary N) is 1. The molecule has 1 aromatic heterocycles. The summed E-state index contributed by atoms with van der Waals surface area (Å²) in [5.41, 5.74) is 2.33. The minimum atomic E-state index is -0.143. The molecule has 1 heterocycles. The molecule has 0 saturated carbocycles. The molecule has 0 aliphatic carbocycles. The van der Waals surface area contributed by atoms with Gasteiger partial charge in [0.2, 0.25) is 11.8 Å². The molecule has 0 bridgehead atoms. The maximum absolute atomic E-state index is 12.2. The molecule has 0 spiro atoms. The quantitative estimate of drug-likeness (QED) is 0.707. The average molecular weight is 352 g/mol. The van der Waals surface area contributed by atoms with Gasteiger partial charge in [0.1, 0.15) is 17.8 Å². The van der Waals surface area contributed by atoms with E-state index in [1.165, 1.54) is 6.26 Å². The van der Waals surface area contributed by atoms with Crippen LogP contribution in [0.2, 0.25) is 0 Å². The average Bonchev–Trinajstić information content (AvgIpc) is 3.15. The molecule has 1 N–H and O–H groups in total. The van der Waals surface area contributed by atoms with Crippen molar-refractivity contribution in [1.82, 2.24) is 10.3 Å². The molecular formula is C20H20N2O4. The fraction of sp³-hybridized carbons (Fsp3) is 0.200. The number of nitrogens with zero attached hydrogens (tertiary/aromatic N) is 1. The van der Waals surface area contributed by atoms with Crippen molar-refractivity contribution in [3.05, 3.63) is 66.1 Å². The first-order chi connectivity index (χ1) is 12.7. The topological polar surface area (TPSA) is 73.6 Å². The highest BCUT2D eigenvalue weighted by molar-refractivity contribution is 5.78. The zero-order valence-electron chi connectivity index (χ0n) is 14.7. The van der Waals surface area contributed by atoms with E-state index >= 15 is 0 Å². The van der Waals surface area contributed by atoms with Gasteiger partial charge in [-0.2, -0.15) is 0 Å². The second kappa shape index (κ2) is 8.20. The number of carbonyl (C=O) groups excluding carboxylic acids is 1. The number of hydrogen-bond acceptors (Lipinski definition) is 5. The van der Waals surface area contributed by atoms with Crippen LogP contribution in [-0.2, 0) is 17.8 Å². The number of aromatic nitrogens is 1. The van der Waals surface area contributed by atoms with E-state index in [1.807, 2.05) is 42.5 Å². The summed E-state index contributed by atoms with van der Waals surface area (Å²) in [5.74, 6) is 1.73. The zero-order chi connectivity index (χ0) is 18.4. The Hall–Kier alpha value is -3.28. The molecule has 0 unspecified atom stereocenters. The second-order valence-corrected chi connectivity index (χ2v) is 5.64. The lowest BCUT2D eigenvalue weighted by atomic mass is 10.2. The maximum Gasteiger partial charge on any atom is 0.226 e. The van der Waals surface area contributed by atoms with Crippen LogP contribution >= 0.6 is 0 Å². The summed E-state index contributed by atoms with van der Waals surface area (Å²) in [6, 6.07) is 15.0. The van der Waals surface area contributed by atoms with Crippen LogP contribution in [0.3, 0.4) is 0 Å². The van der Waals surface area contributed by atoms with Gasteiger partial charge in [0.15, 0.2) is 0 Å². The zero-order valence-corrected chi connectivity index (χ0v) is 14.7. The van der Waals surface area contributed by atoms with Crippen molar-refractivity contribution in [2.24, 2.45) is 0 Å². The Bertz CT molecular complexity index is 875. The first kappa shape index (κ1) is 17.5. The number of amides is 1. The third-order valence-electron chi connectivity index (χ3n) is 3.88. The Morgan fingerprint density at radius 3 is 2.65 bits per heavy atom. The van der Waals surface area contributed by atoms with Gasteiger partial charge in [-0.1, -0.05) is 18.2 Å². The Labute approximate surface area is 151 Å². The Balaban J connectivity index is 1.59. The molecule has 0 saturated heterocycles. The number of ether oxygens (including phenoxy) is 2. The van der Waals surface area contributed by atoms with Crippen LogP contribution in [-0.4, -0.2) is 25.1 Å². The van der Waals surface area contributed by atoms with Crippen molar-refractivity contribution < 1.29 is 18.7 Å². The third kappa shape index (κ3) is 4.22. The molecule has 0 aliphatic rings. The fourth-order valence-electron chi connectivity index (χ4n) is 2.52. The van der Waals surface area contributed by atoms with Gasteiger partial charge in [-0.25, -0.2) is 4.98 Å². The summed E-state index contributed by atoms with van der Waals surface area (Å²) >= 11 is 0. The fourth-order valence-corrected chi connectivity index (χ4v) is 2.52. The largest absolute Gasteiger partial charge is 0.497 e. The van der Waals surface area contributed by atoms with E-state index in [0.29, 0.717) is 29.6 Å². The van der Waals surface area contributed by atoms with Crippen molar-refractivity contribution in [3.8, 4) is 23.0 Å². The number of hydrogen-bond donors (Lipinski definition) is 1. The van der Waals surface area contributed by atoms with E-state index in [0.717, 1.165) is 11.1 Å². The van der Waals surface area contributed by atoms with Gasteiger partial charge in [0.05, 0.1) is 26.3 Å². The Morgan fingerprint density at radius 1 is 1.12 bits per heavy atom. The predicted octanol–water partition coefficient (Wildman–Crippen LogP) is 3.22. The van der Waals surface area contributed by atoms with Gasteiger partial charge in [0.25, 0.3) is 0 Å². The molecular weight excluding hydrogens is 332 g/mol. The highest BCUT2D eigenvalue weighted by atomic mass is 16.5. The first-order valence-corrected chi connectivity index (χ1v) is 8.17. The predicted molar refractivity (Wildman–Crippen MR) is 97.0 cm³/mol. The van der Waals surface area contributed by atoms with Gasteiger partial charge >= 0.3 is 0 Å². The molecule has 26 heavy (non-hydrogen) atoms. The third-order valence-corrected chi connectivity index (χ3v) is 3.88. The number of carbonyl (C=O) groups is 1. The lowest BCUT2D eigenvalue weighted by molar-refractivity contribution is -0.120.